The predicted molar refractivity (Wildman–Crippen MR) is 89.1 cm³/mol. The molecule has 0 amide bonds. The minimum atomic E-state index is -0.155. The van der Waals surface area contributed by atoms with E-state index in [1.165, 1.54) is 14.4 Å². The quantitative estimate of drug-likeness (QED) is 0.812. The van der Waals surface area contributed by atoms with Crippen LogP contribution in [-0.4, -0.2) is 23.5 Å². The normalized spacial score (nSPS) is 10.8. The van der Waals surface area contributed by atoms with Crippen LogP contribution in [0.15, 0.2) is 27.6 Å². The number of methoxy groups -OCH3 is 1. The van der Waals surface area contributed by atoms with Crippen molar-refractivity contribution in [2.24, 2.45) is 0 Å². The van der Waals surface area contributed by atoms with Crippen LogP contribution in [0.5, 0.6) is 0 Å². The molecule has 0 aliphatic carbocycles. The van der Waals surface area contributed by atoms with Crippen molar-refractivity contribution in [1.29, 1.82) is 0 Å². The van der Waals surface area contributed by atoms with Gasteiger partial charge in [-0.25, -0.2) is 4.68 Å². The van der Waals surface area contributed by atoms with Crippen molar-refractivity contribution < 1.29 is 4.74 Å². The Hall–Kier alpha value is -1.18. The Morgan fingerprint density at radius 1 is 1.43 bits per heavy atom. The van der Waals surface area contributed by atoms with Gasteiger partial charge in [0.1, 0.15) is 4.47 Å². The molecule has 0 bridgehead atoms. The van der Waals surface area contributed by atoms with Gasteiger partial charge in [-0.3, -0.25) is 4.79 Å². The van der Waals surface area contributed by atoms with Gasteiger partial charge in [0.2, 0.25) is 0 Å². The third-order valence-electron chi connectivity index (χ3n) is 3.01. The summed E-state index contributed by atoms with van der Waals surface area (Å²) < 4.78 is 6.85. The molecule has 1 N–H and O–H groups in total. The first-order valence-electron chi connectivity index (χ1n) is 6.71. The van der Waals surface area contributed by atoms with E-state index in [1.807, 2.05) is 0 Å². The largest absolute Gasteiger partial charge is 0.383 e. The molecule has 0 aromatic carbocycles. The molecule has 5 nitrogen and oxygen atoms in total. The van der Waals surface area contributed by atoms with Crippen molar-refractivity contribution in [2.75, 3.05) is 19.0 Å². The molecular weight excluding hydrogens is 354 g/mol. The Labute approximate surface area is 136 Å². The van der Waals surface area contributed by atoms with Crippen LogP contribution in [0.2, 0.25) is 0 Å². The number of ether oxygens (including phenoxy) is 1. The van der Waals surface area contributed by atoms with E-state index in [2.05, 4.69) is 45.4 Å². The summed E-state index contributed by atoms with van der Waals surface area (Å²) in [6, 6.07) is 4.25. The third kappa shape index (κ3) is 4.15. The van der Waals surface area contributed by atoms with Gasteiger partial charge in [-0.05, 0) is 34.5 Å². The lowest BCUT2D eigenvalue weighted by Gasteiger charge is -2.09. The Balaban J connectivity index is 2.06. The molecular formula is C14H18BrN3O2S. The van der Waals surface area contributed by atoms with Gasteiger partial charge in [0.15, 0.2) is 0 Å². The standard InChI is InChI=1S/C14H18BrN3O2S/c1-3-10-4-5-11(21-10)8-16-12-9-17-18(6-7-20-2)14(19)13(12)15/h4-5,9,16H,3,6-8H2,1-2H3. The van der Waals surface area contributed by atoms with E-state index in [-0.39, 0.29) is 5.56 Å². The molecule has 0 radical (unpaired) electrons. The second-order valence-electron chi connectivity index (χ2n) is 4.47. The highest BCUT2D eigenvalue weighted by atomic mass is 79.9. The van der Waals surface area contributed by atoms with Crippen molar-refractivity contribution in [2.45, 2.75) is 26.4 Å². The van der Waals surface area contributed by atoms with Gasteiger partial charge in [-0.1, -0.05) is 6.92 Å². The molecule has 0 aliphatic heterocycles. The Bertz CT molecular complexity index is 654. The van der Waals surface area contributed by atoms with Gasteiger partial charge < -0.3 is 10.1 Å². The SMILES string of the molecule is CCc1ccc(CNc2cnn(CCOC)c(=O)c2Br)s1. The van der Waals surface area contributed by atoms with E-state index in [9.17, 15) is 4.79 Å². The molecule has 2 heterocycles. The van der Waals surface area contributed by atoms with E-state index >= 15 is 0 Å². The van der Waals surface area contributed by atoms with Crippen LogP contribution in [0.25, 0.3) is 0 Å². The molecule has 0 aliphatic rings. The maximum atomic E-state index is 12.1. The summed E-state index contributed by atoms with van der Waals surface area (Å²) in [5.74, 6) is 0. The number of aromatic nitrogens is 2. The highest BCUT2D eigenvalue weighted by molar-refractivity contribution is 9.10. The van der Waals surface area contributed by atoms with E-state index in [0.717, 1.165) is 6.42 Å². The lowest BCUT2D eigenvalue weighted by atomic mass is 10.3. The minimum Gasteiger partial charge on any atom is -0.383 e. The molecule has 21 heavy (non-hydrogen) atoms. The number of aryl methyl sites for hydroxylation is 1. The Kier molecular flexibility index (Phi) is 5.96. The number of hydrogen-bond acceptors (Lipinski definition) is 5. The van der Waals surface area contributed by atoms with Crippen LogP contribution >= 0.6 is 27.3 Å². The molecule has 0 atom stereocenters. The Morgan fingerprint density at radius 3 is 2.86 bits per heavy atom. The zero-order chi connectivity index (χ0) is 15.2. The van der Waals surface area contributed by atoms with Crippen molar-refractivity contribution in [3.8, 4) is 0 Å². The van der Waals surface area contributed by atoms with E-state index < -0.39 is 0 Å². The maximum Gasteiger partial charge on any atom is 0.283 e. The monoisotopic (exact) mass is 371 g/mol. The van der Waals surface area contributed by atoms with Crippen molar-refractivity contribution in [3.05, 3.63) is 42.9 Å². The summed E-state index contributed by atoms with van der Waals surface area (Å²) in [4.78, 5) is 14.7. The summed E-state index contributed by atoms with van der Waals surface area (Å²) >= 11 is 5.12. The summed E-state index contributed by atoms with van der Waals surface area (Å²) in [6.45, 7) is 3.73. The average molecular weight is 372 g/mol. The summed E-state index contributed by atoms with van der Waals surface area (Å²) in [5.41, 5.74) is 0.553. The van der Waals surface area contributed by atoms with Crippen LogP contribution in [0.4, 0.5) is 5.69 Å². The first-order valence-corrected chi connectivity index (χ1v) is 8.32. The topological polar surface area (TPSA) is 56.1 Å². The van der Waals surface area contributed by atoms with Crippen molar-refractivity contribution in [1.82, 2.24) is 9.78 Å². The molecule has 0 saturated carbocycles. The minimum absolute atomic E-state index is 0.155. The van der Waals surface area contributed by atoms with Crippen LogP contribution in [0.1, 0.15) is 16.7 Å². The molecule has 7 heteroatoms. The van der Waals surface area contributed by atoms with Gasteiger partial charge in [0.05, 0.1) is 25.0 Å². The lowest BCUT2D eigenvalue weighted by molar-refractivity contribution is 0.181. The van der Waals surface area contributed by atoms with Crippen LogP contribution in [0, 0.1) is 0 Å². The molecule has 2 rings (SSSR count). The van der Waals surface area contributed by atoms with E-state index in [0.29, 0.717) is 29.9 Å². The van der Waals surface area contributed by atoms with Crippen molar-refractivity contribution >= 4 is 33.0 Å². The smallest absolute Gasteiger partial charge is 0.283 e. The summed E-state index contributed by atoms with van der Waals surface area (Å²) in [5, 5.41) is 7.39. The number of hydrogen-bond donors (Lipinski definition) is 1. The fourth-order valence-electron chi connectivity index (χ4n) is 1.82. The van der Waals surface area contributed by atoms with E-state index in [1.54, 1.807) is 24.6 Å². The molecule has 0 fully saturated rings. The van der Waals surface area contributed by atoms with Gasteiger partial charge in [0, 0.05) is 23.4 Å². The zero-order valence-corrected chi connectivity index (χ0v) is 14.5. The number of thiophene rings is 1. The number of anilines is 1. The Morgan fingerprint density at radius 2 is 2.19 bits per heavy atom. The van der Waals surface area contributed by atoms with E-state index in [4.69, 9.17) is 4.74 Å². The fraction of sp³-hybridized carbons (Fsp3) is 0.429. The molecule has 0 spiro atoms. The van der Waals surface area contributed by atoms with Crippen LogP contribution in [-0.2, 0) is 24.2 Å². The fourth-order valence-corrected chi connectivity index (χ4v) is 3.16. The number of nitrogens with one attached hydrogen (secondary N) is 1. The van der Waals surface area contributed by atoms with Gasteiger partial charge in [0.25, 0.3) is 5.56 Å². The van der Waals surface area contributed by atoms with Crippen LogP contribution < -0.4 is 10.9 Å². The summed E-state index contributed by atoms with van der Waals surface area (Å²) in [6.07, 6.45) is 2.71. The van der Waals surface area contributed by atoms with Crippen molar-refractivity contribution in [3.63, 3.8) is 0 Å². The maximum absolute atomic E-state index is 12.1. The highest BCUT2D eigenvalue weighted by Crippen LogP contribution is 2.21. The number of nitrogens with zero attached hydrogens (tertiary/aromatic N) is 2. The zero-order valence-electron chi connectivity index (χ0n) is 12.1. The first-order chi connectivity index (χ1) is 10.2. The molecule has 2 aromatic heterocycles. The summed E-state index contributed by atoms with van der Waals surface area (Å²) in [7, 11) is 1.60. The average Bonchev–Trinajstić information content (AvgIpc) is 2.96. The van der Waals surface area contributed by atoms with Crippen LogP contribution in [0.3, 0.4) is 0 Å². The second-order valence-corrected chi connectivity index (χ2v) is 6.51. The highest BCUT2D eigenvalue weighted by Gasteiger charge is 2.09. The van der Waals surface area contributed by atoms with Gasteiger partial charge in [-0.2, -0.15) is 5.10 Å². The predicted octanol–water partition coefficient (Wildman–Crippen LogP) is 2.89. The molecule has 0 unspecified atom stereocenters. The number of halogens is 1. The molecule has 2 aromatic rings. The third-order valence-corrected chi connectivity index (χ3v) is 5.01. The molecule has 0 saturated heterocycles. The molecule has 114 valence electrons. The number of rotatable bonds is 7. The van der Waals surface area contributed by atoms with Gasteiger partial charge in [-0.15, -0.1) is 11.3 Å². The lowest BCUT2D eigenvalue weighted by Crippen LogP contribution is -2.26. The second kappa shape index (κ2) is 7.72. The van der Waals surface area contributed by atoms with Gasteiger partial charge >= 0.3 is 0 Å². The first kappa shape index (κ1) is 16.2.